The summed E-state index contributed by atoms with van der Waals surface area (Å²) in [5.41, 5.74) is 0.719. The first kappa shape index (κ1) is 10.0. The topological polar surface area (TPSA) is 26.0 Å². The Labute approximate surface area is 99.0 Å². The lowest BCUT2D eigenvalue weighted by atomic mass is 10.2. The molecule has 0 N–H and O–H groups in total. The Morgan fingerprint density at radius 3 is 2.57 bits per heavy atom. The third kappa shape index (κ3) is 1.67. The molecule has 0 saturated carbocycles. The first-order valence-corrected chi connectivity index (χ1v) is 5.27. The van der Waals surface area contributed by atoms with E-state index in [9.17, 15) is 0 Å². The third-order valence-corrected chi connectivity index (χ3v) is 3.40. The molecule has 2 rings (SSSR count). The predicted molar refractivity (Wildman–Crippen MR) is 59.7 cm³/mol. The Bertz CT molecular complexity index is 456. The van der Waals surface area contributed by atoms with Crippen LogP contribution in [0.4, 0.5) is 0 Å². The highest BCUT2D eigenvalue weighted by Gasteiger charge is 2.13. The molecule has 0 amide bonds. The normalized spacial score (nSPS) is 10.5. The SMILES string of the molecule is Clc1ccc(Cl)c(-c2cnco2)c1Br. The Hall–Kier alpha value is -0.510. The van der Waals surface area contributed by atoms with Crippen molar-refractivity contribution in [1.82, 2.24) is 4.98 Å². The van der Waals surface area contributed by atoms with E-state index >= 15 is 0 Å². The van der Waals surface area contributed by atoms with Crippen LogP contribution in [0.2, 0.25) is 10.0 Å². The molecule has 0 atom stereocenters. The third-order valence-electron chi connectivity index (χ3n) is 1.72. The van der Waals surface area contributed by atoms with Gasteiger partial charge in [0.15, 0.2) is 12.2 Å². The van der Waals surface area contributed by atoms with Gasteiger partial charge in [0.2, 0.25) is 0 Å². The number of oxazole rings is 1. The van der Waals surface area contributed by atoms with E-state index in [1.165, 1.54) is 6.39 Å². The van der Waals surface area contributed by atoms with Crippen LogP contribution in [0.3, 0.4) is 0 Å². The minimum absolute atomic E-state index is 0.568. The largest absolute Gasteiger partial charge is 0.443 e. The minimum atomic E-state index is 0.568. The Balaban J connectivity index is 2.69. The minimum Gasteiger partial charge on any atom is -0.443 e. The van der Waals surface area contributed by atoms with Gasteiger partial charge in [-0.15, -0.1) is 0 Å². The number of rotatable bonds is 1. The second kappa shape index (κ2) is 3.93. The molecule has 1 heterocycles. The fourth-order valence-electron chi connectivity index (χ4n) is 1.09. The van der Waals surface area contributed by atoms with Gasteiger partial charge in [-0.3, -0.25) is 0 Å². The molecule has 0 unspecified atom stereocenters. The zero-order chi connectivity index (χ0) is 10.1. The lowest BCUT2D eigenvalue weighted by Crippen LogP contribution is -1.80. The summed E-state index contributed by atoms with van der Waals surface area (Å²) in [6.45, 7) is 0. The van der Waals surface area contributed by atoms with Crippen molar-refractivity contribution in [2.75, 3.05) is 0 Å². The second-order valence-electron chi connectivity index (χ2n) is 2.58. The predicted octanol–water partition coefficient (Wildman–Crippen LogP) is 4.41. The maximum absolute atomic E-state index is 6.02. The van der Waals surface area contributed by atoms with Gasteiger partial charge in [-0.25, -0.2) is 4.98 Å². The van der Waals surface area contributed by atoms with Gasteiger partial charge in [-0.1, -0.05) is 23.2 Å². The number of nitrogens with zero attached hydrogens (tertiary/aromatic N) is 1. The summed E-state index contributed by atoms with van der Waals surface area (Å²) in [5, 5.41) is 1.15. The zero-order valence-electron chi connectivity index (χ0n) is 6.80. The van der Waals surface area contributed by atoms with Crippen LogP contribution >= 0.6 is 39.1 Å². The van der Waals surface area contributed by atoms with E-state index in [4.69, 9.17) is 27.6 Å². The van der Waals surface area contributed by atoms with Crippen molar-refractivity contribution in [3.05, 3.63) is 39.2 Å². The summed E-state index contributed by atoms with van der Waals surface area (Å²) in [4.78, 5) is 3.82. The van der Waals surface area contributed by atoms with Crippen molar-refractivity contribution in [3.8, 4) is 11.3 Å². The van der Waals surface area contributed by atoms with Gasteiger partial charge in [0, 0.05) is 4.47 Å². The van der Waals surface area contributed by atoms with E-state index in [0.29, 0.717) is 20.3 Å². The molecule has 1 aromatic heterocycles. The number of aromatic nitrogens is 1. The molecule has 72 valence electrons. The summed E-state index contributed by atoms with van der Waals surface area (Å²) in [6, 6.07) is 3.43. The van der Waals surface area contributed by atoms with Gasteiger partial charge >= 0.3 is 0 Å². The lowest BCUT2D eigenvalue weighted by molar-refractivity contribution is 0.571. The van der Waals surface area contributed by atoms with E-state index in [1.54, 1.807) is 18.3 Å². The fraction of sp³-hybridized carbons (Fsp3) is 0. The van der Waals surface area contributed by atoms with Crippen LogP contribution in [0.25, 0.3) is 11.3 Å². The van der Waals surface area contributed by atoms with Gasteiger partial charge in [-0.2, -0.15) is 0 Å². The molecule has 0 aliphatic heterocycles. The molecule has 0 aliphatic rings. The molecular formula is C9H4BrCl2NO. The standard InChI is InChI=1S/C9H4BrCl2NO/c10-9-6(12)2-1-5(11)8(9)7-3-13-4-14-7/h1-4H. The van der Waals surface area contributed by atoms with Crippen molar-refractivity contribution in [2.24, 2.45) is 0 Å². The molecule has 0 radical (unpaired) electrons. The van der Waals surface area contributed by atoms with E-state index in [1.807, 2.05) is 0 Å². The van der Waals surface area contributed by atoms with Gasteiger partial charge in [0.25, 0.3) is 0 Å². The van der Waals surface area contributed by atoms with Crippen LogP contribution < -0.4 is 0 Å². The summed E-state index contributed by atoms with van der Waals surface area (Å²) in [5.74, 6) is 0.587. The van der Waals surface area contributed by atoms with E-state index in [0.717, 1.165) is 5.56 Å². The first-order chi connectivity index (χ1) is 6.70. The van der Waals surface area contributed by atoms with Crippen molar-refractivity contribution in [2.45, 2.75) is 0 Å². The maximum Gasteiger partial charge on any atom is 0.181 e. The van der Waals surface area contributed by atoms with Crippen molar-refractivity contribution >= 4 is 39.1 Å². The Morgan fingerprint density at radius 1 is 1.21 bits per heavy atom. The summed E-state index contributed by atoms with van der Waals surface area (Å²) >= 11 is 15.3. The number of hydrogen-bond acceptors (Lipinski definition) is 2. The van der Waals surface area contributed by atoms with Crippen LogP contribution in [-0.2, 0) is 0 Å². The van der Waals surface area contributed by atoms with Crippen LogP contribution in [0.5, 0.6) is 0 Å². The van der Waals surface area contributed by atoms with Gasteiger partial charge in [0.05, 0.1) is 21.8 Å². The van der Waals surface area contributed by atoms with E-state index in [2.05, 4.69) is 20.9 Å². The molecule has 2 aromatic rings. The molecule has 0 fully saturated rings. The van der Waals surface area contributed by atoms with E-state index in [-0.39, 0.29) is 0 Å². The maximum atomic E-state index is 6.02. The molecule has 0 bridgehead atoms. The highest BCUT2D eigenvalue weighted by atomic mass is 79.9. The molecular weight excluding hydrogens is 289 g/mol. The zero-order valence-corrected chi connectivity index (χ0v) is 9.90. The van der Waals surface area contributed by atoms with Crippen LogP contribution in [0.15, 0.2) is 33.6 Å². The molecule has 2 nitrogen and oxygen atoms in total. The van der Waals surface area contributed by atoms with Crippen LogP contribution in [0, 0.1) is 0 Å². The number of halogens is 3. The highest BCUT2D eigenvalue weighted by molar-refractivity contribution is 9.10. The summed E-state index contributed by atoms with van der Waals surface area (Å²) < 4.78 is 5.86. The van der Waals surface area contributed by atoms with Crippen LogP contribution in [-0.4, -0.2) is 4.98 Å². The Kier molecular flexibility index (Phi) is 2.81. The summed E-state index contributed by atoms with van der Waals surface area (Å²) in [7, 11) is 0. The number of hydrogen-bond donors (Lipinski definition) is 0. The average Bonchev–Trinajstić information content (AvgIpc) is 2.65. The average molecular weight is 293 g/mol. The first-order valence-electron chi connectivity index (χ1n) is 3.72. The molecule has 0 aliphatic carbocycles. The second-order valence-corrected chi connectivity index (χ2v) is 4.19. The van der Waals surface area contributed by atoms with Crippen molar-refractivity contribution in [1.29, 1.82) is 0 Å². The molecule has 14 heavy (non-hydrogen) atoms. The van der Waals surface area contributed by atoms with Gasteiger partial charge in [-0.05, 0) is 28.1 Å². The monoisotopic (exact) mass is 291 g/mol. The highest BCUT2D eigenvalue weighted by Crippen LogP contribution is 2.38. The van der Waals surface area contributed by atoms with Gasteiger partial charge in [0.1, 0.15) is 0 Å². The fourth-order valence-corrected chi connectivity index (χ4v) is 2.16. The molecule has 0 spiro atoms. The van der Waals surface area contributed by atoms with Crippen LogP contribution in [0.1, 0.15) is 0 Å². The quantitative estimate of drug-likeness (QED) is 0.728. The molecule has 1 aromatic carbocycles. The Morgan fingerprint density at radius 2 is 1.93 bits per heavy atom. The van der Waals surface area contributed by atoms with Crippen molar-refractivity contribution in [3.63, 3.8) is 0 Å². The number of benzene rings is 1. The molecule has 5 heteroatoms. The summed E-state index contributed by atoms with van der Waals surface area (Å²) in [6.07, 6.45) is 2.93. The molecule has 0 saturated heterocycles. The van der Waals surface area contributed by atoms with Gasteiger partial charge < -0.3 is 4.42 Å². The van der Waals surface area contributed by atoms with Crippen molar-refractivity contribution < 1.29 is 4.42 Å². The smallest absolute Gasteiger partial charge is 0.181 e. The van der Waals surface area contributed by atoms with E-state index < -0.39 is 0 Å². The lowest BCUT2D eigenvalue weighted by Gasteiger charge is -2.04.